The molecular formula is C24H32Br2Zr. The summed E-state index contributed by atoms with van der Waals surface area (Å²) in [5.74, 6) is 0. The maximum absolute atomic E-state index is 2.26. The first-order valence-corrected chi connectivity index (χ1v) is 9.13. The Kier molecular flexibility index (Phi) is 13.6. The molecule has 27 heavy (non-hydrogen) atoms. The van der Waals surface area contributed by atoms with Gasteiger partial charge in [-0.05, 0) is 6.92 Å². The third-order valence-corrected chi connectivity index (χ3v) is 5.56. The van der Waals surface area contributed by atoms with Crippen LogP contribution in [0.5, 0.6) is 0 Å². The Morgan fingerprint density at radius 3 is 1.89 bits per heavy atom. The van der Waals surface area contributed by atoms with E-state index in [1.807, 2.05) is 0 Å². The van der Waals surface area contributed by atoms with Gasteiger partial charge in [0, 0.05) is 0 Å². The Hall–Kier alpha value is 0.0231. The Morgan fingerprint density at radius 1 is 0.889 bits per heavy atom. The Labute approximate surface area is 206 Å². The minimum Gasteiger partial charge on any atom is -1.00 e. The summed E-state index contributed by atoms with van der Waals surface area (Å²) in [6.45, 7) is 17.7. The summed E-state index contributed by atoms with van der Waals surface area (Å²) in [6, 6.07) is 8.91. The monoisotopic (exact) mass is 568 g/mol. The first kappa shape index (κ1) is 29.2. The molecule has 0 unspecified atom stereocenters. The maximum Gasteiger partial charge on any atom is 4.00 e. The Balaban J connectivity index is 0. The number of hydrogen-bond donors (Lipinski definition) is 0. The van der Waals surface area contributed by atoms with Crippen LogP contribution in [0.25, 0.3) is 10.8 Å². The van der Waals surface area contributed by atoms with Gasteiger partial charge >= 0.3 is 26.2 Å². The largest absolute Gasteiger partial charge is 4.00 e. The molecule has 0 aliphatic heterocycles. The SMILES string of the molecule is CCCc1c(C)c(C)c(C)[c-]1C.Cc1cc2c(C)ccc(C)c2[cH-]1.[Br-].[Br-].[Zr+4]. The molecule has 0 atom stereocenters. The van der Waals surface area contributed by atoms with Crippen LogP contribution in [0.3, 0.4) is 0 Å². The van der Waals surface area contributed by atoms with E-state index in [-0.39, 0.29) is 60.2 Å². The Morgan fingerprint density at radius 2 is 1.44 bits per heavy atom. The summed E-state index contributed by atoms with van der Waals surface area (Å²) in [4.78, 5) is 0. The normalized spacial score (nSPS) is 9.63. The van der Waals surface area contributed by atoms with E-state index in [0.29, 0.717) is 0 Å². The quantitative estimate of drug-likeness (QED) is 0.405. The van der Waals surface area contributed by atoms with E-state index in [4.69, 9.17) is 0 Å². The van der Waals surface area contributed by atoms with E-state index >= 15 is 0 Å². The van der Waals surface area contributed by atoms with E-state index in [2.05, 4.69) is 79.7 Å². The van der Waals surface area contributed by atoms with Crippen molar-refractivity contribution in [2.45, 2.75) is 68.2 Å². The van der Waals surface area contributed by atoms with Crippen LogP contribution >= 0.6 is 0 Å². The Bertz CT molecular complexity index is 789. The molecule has 146 valence electrons. The van der Waals surface area contributed by atoms with Crippen molar-refractivity contribution >= 4 is 10.8 Å². The van der Waals surface area contributed by atoms with Crippen molar-refractivity contribution in [1.82, 2.24) is 0 Å². The average molecular weight is 572 g/mol. The van der Waals surface area contributed by atoms with Crippen molar-refractivity contribution in [3.63, 3.8) is 0 Å². The van der Waals surface area contributed by atoms with Crippen LogP contribution < -0.4 is 34.0 Å². The third kappa shape index (κ3) is 6.51. The van der Waals surface area contributed by atoms with E-state index < -0.39 is 0 Å². The van der Waals surface area contributed by atoms with Gasteiger partial charge in [0.1, 0.15) is 0 Å². The molecule has 0 bridgehead atoms. The number of fused-ring (bicyclic) bond motifs is 1. The van der Waals surface area contributed by atoms with Gasteiger partial charge in [0.05, 0.1) is 0 Å². The predicted molar refractivity (Wildman–Crippen MR) is 109 cm³/mol. The predicted octanol–water partition coefficient (Wildman–Crippen LogP) is 1.08. The van der Waals surface area contributed by atoms with Crippen LogP contribution in [0, 0.1) is 48.5 Å². The summed E-state index contributed by atoms with van der Waals surface area (Å²) in [5.41, 5.74) is 11.7. The molecule has 0 fully saturated rings. The summed E-state index contributed by atoms with van der Waals surface area (Å²) < 4.78 is 0. The van der Waals surface area contributed by atoms with Crippen molar-refractivity contribution < 1.29 is 60.2 Å². The van der Waals surface area contributed by atoms with Gasteiger partial charge in [-0.25, -0.2) is 0 Å². The molecule has 0 saturated carbocycles. The second kappa shape index (κ2) is 12.6. The van der Waals surface area contributed by atoms with E-state index in [0.717, 1.165) is 0 Å². The molecule has 0 saturated heterocycles. The molecule has 0 spiro atoms. The van der Waals surface area contributed by atoms with Crippen LogP contribution in [0.4, 0.5) is 0 Å². The zero-order chi connectivity index (χ0) is 18.0. The smallest absolute Gasteiger partial charge is 1.00 e. The summed E-state index contributed by atoms with van der Waals surface area (Å²) >= 11 is 0. The number of benzene rings is 1. The molecular weight excluding hydrogens is 539 g/mol. The number of rotatable bonds is 2. The second-order valence-corrected chi connectivity index (χ2v) is 7.29. The van der Waals surface area contributed by atoms with Crippen LogP contribution in [0.1, 0.15) is 57.9 Å². The van der Waals surface area contributed by atoms with Crippen molar-refractivity contribution in [1.29, 1.82) is 0 Å². The fraction of sp³-hybridized carbons (Fsp3) is 0.417. The van der Waals surface area contributed by atoms with Crippen molar-refractivity contribution in [2.75, 3.05) is 0 Å². The molecule has 0 aliphatic carbocycles. The van der Waals surface area contributed by atoms with E-state index in [1.54, 1.807) is 5.56 Å². The maximum atomic E-state index is 2.26. The first-order valence-electron chi connectivity index (χ1n) is 9.13. The van der Waals surface area contributed by atoms with E-state index in [1.165, 1.54) is 62.6 Å². The topological polar surface area (TPSA) is 0 Å². The van der Waals surface area contributed by atoms with Gasteiger partial charge in [0.2, 0.25) is 0 Å². The molecule has 0 aliphatic rings. The summed E-state index contributed by atoms with van der Waals surface area (Å²) in [5, 5.41) is 2.82. The van der Waals surface area contributed by atoms with Crippen LogP contribution in [-0.2, 0) is 32.6 Å². The summed E-state index contributed by atoms with van der Waals surface area (Å²) in [7, 11) is 0. The first-order chi connectivity index (χ1) is 11.3. The van der Waals surface area contributed by atoms with Crippen LogP contribution in [0.15, 0.2) is 24.3 Å². The number of hydrogen-bond acceptors (Lipinski definition) is 0. The van der Waals surface area contributed by atoms with Gasteiger partial charge in [-0.3, -0.25) is 0 Å². The van der Waals surface area contributed by atoms with Gasteiger partial charge < -0.3 is 34.0 Å². The second-order valence-electron chi connectivity index (χ2n) is 7.29. The fourth-order valence-electron chi connectivity index (χ4n) is 3.66. The standard InChI is InChI=1S/C12H13.C12H19.2BrH.Zr/c1-8-6-11-9(2)4-5-10(3)12(11)7-8;1-6-7-12-10(4)8(2)9(3)11(12)5;;;/h4-7H,1-3H3;6-7H2,1-5H3;2*1H;/q2*-1;;;+4/p-2. The third-order valence-electron chi connectivity index (χ3n) is 5.56. The molecule has 3 aromatic rings. The molecule has 0 heterocycles. The van der Waals surface area contributed by atoms with Gasteiger partial charge in [0.25, 0.3) is 0 Å². The zero-order valence-corrected chi connectivity index (χ0v) is 23.6. The number of aryl methyl sites for hydroxylation is 3. The molecule has 0 radical (unpaired) electrons. The van der Waals surface area contributed by atoms with Gasteiger partial charge in [-0.1, -0.05) is 72.9 Å². The van der Waals surface area contributed by atoms with Crippen LogP contribution in [-0.4, -0.2) is 0 Å². The summed E-state index contributed by atoms with van der Waals surface area (Å²) in [6.07, 6.45) is 2.50. The average Bonchev–Trinajstić information content (AvgIpc) is 3.03. The zero-order valence-electron chi connectivity index (χ0n) is 18.0. The molecule has 0 amide bonds. The molecule has 0 aromatic heterocycles. The molecule has 3 rings (SSSR count). The van der Waals surface area contributed by atoms with Crippen molar-refractivity contribution in [3.8, 4) is 0 Å². The van der Waals surface area contributed by atoms with E-state index in [9.17, 15) is 0 Å². The fourth-order valence-corrected chi connectivity index (χ4v) is 3.66. The van der Waals surface area contributed by atoms with Crippen molar-refractivity contribution in [3.05, 3.63) is 68.8 Å². The minimum absolute atomic E-state index is 0. The van der Waals surface area contributed by atoms with Gasteiger partial charge in [-0.15, -0.1) is 34.0 Å². The number of halogens is 2. The van der Waals surface area contributed by atoms with Gasteiger partial charge in [-0.2, -0.15) is 33.9 Å². The molecule has 3 heteroatoms. The molecule has 3 aromatic carbocycles. The minimum atomic E-state index is 0. The van der Waals surface area contributed by atoms with Crippen LogP contribution in [0.2, 0.25) is 0 Å². The molecule has 0 nitrogen and oxygen atoms in total. The molecule has 0 N–H and O–H groups in total. The van der Waals surface area contributed by atoms with Crippen molar-refractivity contribution in [2.24, 2.45) is 0 Å². The van der Waals surface area contributed by atoms with Gasteiger partial charge in [0.15, 0.2) is 0 Å².